The quantitative estimate of drug-likeness (QED) is 0.852. The highest BCUT2D eigenvalue weighted by atomic mass is 32.1. The van der Waals surface area contributed by atoms with E-state index in [9.17, 15) is 9.59 Å². The van der Waals surface area contributed by atoms with Crippen molar-refractivity contribution in [3.05, 3.63) is 40.9 Å². The third kappa shape index (κ3) is 4.14. The molecule has 0 aliphatic heterocycles. The minimum absolute atomic E-state index is 0.200. The Labute approximate surface area is 133 Å². The summed E-state index contributed by atoms with van der Waals surface area (Å²) in [4.78, 5) is 28.6. The van der Waals surface area contributed by atoms with Crippen molar-refractivity contribution in [2.45, 2.75) is 27.2 Å². The van der Waals surface area contributed by atoms with E-state index in [1.807, 2.05) is 44.2 Å². The zero-order valence-electron chi connectivity index (χ0n) is 12.8. The molecule has 2 amide bonds. The summed E-state index contributed by atoms with van der Waals surface area (Å²) in [5.41, 5.74) is 6.49. The Morgan fingerprint density at radius 3 is 2.50 bits per heavy atom. The van der Waals surface area contributed by atoms with Crippen molar-refractivity contribution >= 4 is 23.2 Å². The molecule has 0 fully saturated rings. The second-order valence-electron chi connectivity index (χ2n) is 5.40. The minimum atomic E-state index is -0.339. The van der Waals surface area contributed by atoms with Gasteiger partial charge in [0.15, 0.2) is 0 Å². The van der Waals surface area contributed by atoms with Crippen molar-refractivity contribution in [1.29, 1.82) is 0 Å². The summed E-state index contributed by atoms with van der Waals surface area (Å²) in [6.07, 6.45) is 0.372. The van der Waals surface area contributed by atoms with E-state index in [0.29, 0.717) is 17.0 Å². The molecular formula is C16H19N3O2S. The number of hydrazine groups is 1. The number of carbonyl (C=O) groups excluding carboxylic acids is 2. The van der Waals surface area contributed by atoms with E-state index in [4.69, 9.17) is 0 Å². The normalized spacial score (nSPS) is 10.5. The van der Waals surface area contributed by atoms with Crippen molar-refractivity contribution in [2.24, 2.45) is 5.92 Å². The second-order valence-corrected chi connectivity index (χ2v) is 6.40. The van der Waals surface area contributed by atoms with E-state index in [-0.39, 0.29) is 17.7 Å². The molecule has 2 rings (SSSR count). The van der Waals surface area contributed by atoms with E-state index in [1.54, 1.807) is 6.92 Å². The first kappa shape index (κ1) is 16.2. The number of nitrogens with one attached hydrogen (secondary N) is 2. The number of benzene rings is 1. The first-order valence-corrected chi connectivity index (χ1v) is 7.91. The van der Waals surface area contributed by atoms with Gasteiger partial charge in [-0.1, -0.05) is 44.2 Å². The lowest BCUT2D eigenvalue weighted by atomic mass is 10.1. The molecule has 1 aromatic carbocycles. The molecule has 0 saturated heterocycles. The number of carbonyl (C=O) groups is 2. The zero-order valence-corrected chi connectivity index (χ0v) is 13.7. The molecule has 0 bridgehead atoms. The molecular weight excluding hydrogens is 298 g/mol. The minimum Gasteiger partial charge on any atom is -0.273 e. The molecule has 0 aliphatic carbocycles. The molecule has 2 N–H and O–H groups in total. The molecule has 0 unspecified atom stereocenters. The third-order valence-corrected chi connectivity index (χ3v) is 4.14. The second kappa shape index (κ2) is 7.17. The summed E-state index contributed by atoms with van der Waals surface area (Å²) >= 11 is 1.31. The van der Waals surface area contributed by atoms with Gasteiger partial charge in [0.2, 0.25) is 5.91 Å². The number of hydrogen-bond donors (Lipinski definition) is 2. The first-order chi connectivity index (χ1) is 10.5. The van der Waals surface area contributed by atoms with Gasteiger partial charge >= 0.3 is 0 Å². The highest BCUT2D eigenvalue weighted by Gasteiger charge is 2.16. The SMILES string of the molecule is Cc1nc(-c2ccccc2)sc1C(=O)NNC(=O)CC(C)C. The molecule has 0 spiro atoms. The smallest absolute Gasteiger partial charge is 0.273 e. The maximum absolute atomic E-state index is 12.1. The van der Waals surface area contributed by atoms with E-state index in [2.05, 4.69) is 15.8 Å². The van der Waals surface area contributed by atoms with Crippen LogP contribution in [0.15, 0.2) is 30.3 Å². The number of thiazole rings is 1. The van der Waals surface area contributed by atoms with Gasteiger partial charge in [0, 0.05) is 12.0 Å². The standard InChI is InChI=1S/C16H19N3O2S/c1-10(2)9-13(20)18-19-15(21)14-11(3)17-16(22-14)12-7-5-4-6-8-12/h4-8,10H,9H2,1-3H3,(H,18,20)(H,19,21). The fourth-order valence-corrected chi connectivity index (χ4v) is 2.88. The summed E-state index contributed by atoms with van der Waals surface area (Å²) in [5, 5.41) is 0.789. The summed E-state index contributed by atoms with van der Waals surface area (Å²) in [5.74, 6) is -0.296. The van der Waals surface area contributed by atoms with Crippen LogP contribution in [0, 0.1) is 12.8 Å². The Balaban J connectivity index is 2.05. The molecule has 2 aromatic rings. The van der Waals surface area contributed by atoms with Gasteiger partial charge in [0.25, 0.3) is 5.91 Å². The third-order valence-electron chi connectivity index (χ3n) is 2.93. The summed E-state index contributed by atoms with van der Waals surface area (Å²) in [6, 6.07) is 9.69. The Kier molecular flexibility index (Phi) is 5.27. The van der Waals surface area contributed by atoms with Crippen LogP contribution in [0.3, 0.4) is 0 Å². The van der Waals surface area contributed by atoms with Gasteiger partial charge in [-0.3, -0.25) is 20.4 Å². The Hall–Kier alpha value is -2.21. The average molecular weight is 317 g/mol. The molecule has 116 valence electrons. The van der Waals surface area contributed by atoms with Crippen LogP contribution in [0.1, 0.15) is 35.6 Å². The van der Waals surface area contributed by atoms with Gasteiger partial charge in [-0.05, 0) is 12.8 Å². The lowest BCUT2D eigenvalue weighted by Gasteiger charge is -2.07. The molecule has 6 heteroatoms. The van der Waals surface area contributed by atoms with Gasteiger partial charge in [-0.25, -0.2) is 4.98 Å². The van der Waals surface area contributed by atoms with Crippen LogP contribution in [-0.2, 0) is 4.79 Å². The van der Waals surface area contributed by atoms with Crippen molar-refractivity contribution in [3.63, 3.8) is 0 Å². The molecule has 1 aromatic heterocycles. The average Bonchev–Trinajstić information content (AvgIpc) is 2.87. The monoisotopic (exact) mass is 317 g/mol. The Bertz CT molecular complexity index is 665. The van der Waals surface area contributed by atoms with Crippen molar-refractivity contribution < 1.29 is 9.59 Å². The van der Waals surface area contributed by atoms with Gasteiger partial charge < -0.3 is 0 Å². The summed E-state index contributed by atoms with van der Waals surface area (Å²) < 4.78 is 0. The summed E-state index contributed by atoms with van der Waals surface area (Å²) in [6.45, 7) is 5.68. The van der Waals surface area contributed by atoms with Crippen LogP contribution in [0.25, 0.3) is 10.6 Å². The Morgan fingerprint density at radius 2 is 1.86 bits per heavy atom. The maximum Gasteiger partial charge on any atom is 0.281 e. The van der Waals surface area contributed by atoms with Crippen LogP contribution < -0.4 is 10.9 Å². The molecule has 0 radical (unpaired) electrons. The van der Waals surface area contributed by atoms with Crippen LogP contribution in [0.5, 0.6) is 0 Å². The van der Waals surface area contributed by atoms with Crippen molar-refractivity contribution in [1.82, 2.24) is 15.8 Å². The van der Waals surface area contributed by atoms with Gasteiger partial charge in [-0.15, -0.1) is 11.3 Å². The van der Waals surface area contributed by atoms with Crippen LogP contribution >= 0.6 is 11.3 Å². The van der Waals surface area contributed by atoms with E-state index in [0.717, 1.165) is 10.6 Å². The molecule has 5 nitrogen and oxygen atoms in total. The lowest BCUT2D eigenvalue weighted by molar-refractivity contribution is -0.122. The van der Waals surface area contributed by atoms with E-state index >= 15 is 0 Å². The highest BCUT2D eigenvalue weighted by molar-refractivity contribution is 7.17. The van der Waals surface area contributed by atoms with Gasteiger partial charge in [0.1, 0.15) is 9.88 Å². The van der Waals surface area contributed by atoms with Crippen LogP contribution in [0.4, 0.5) is 0 Å². The number of rotatable bonds is 4. The fraction of sp³-hybridized carbons (Fsp3) is 0.312. The lowest BCUT2D eigenvalue weighted by Crippen LogP contribution is -2.41. The van der Waals surface area contributed by atoms with E-state index < -0.39 is 0 Å². The molecule has 22 heavy (non-hydrogen) atoms. The number of nitrogens with zero attached hydrogens (tertiary/aromatic N) is 1. The number of amides is 2. The topological polar surface area (TPSA) is 71.1 Å². The molecule has 0 saturated carbocycles. The molecule has 0 atom stereocenters. The predicted molar refractivity (Wildman–Crippen MR) is 87.4 cm³/mol. The summed E-state index contributed by atoms with van der Waals surface area (Å²) in [7, 11) is 0. The number of aryl methyl sites for hydroxylation is 1. The van der Waals surface area contributed by atoms with Gasteiger partial charge in [0.05, 0.1) is 5.69 Å². The van der Waals surface area contributed by atoms with Crippen molar-refractivity contribution in [2.75, 3.05) is 0 Å². The highest BCUT2D eigenvalue weighted by Crippen LogP contribution is 2.27. The predicted octanol–water partition coefficient (Wildman–Crippen LogP) is 2.93. The van der Waals surface area contributed by atoms with Gasteiger partial charge in [-0.2, -0.15) is 0 Å². The molecule has 1 heterocycles. The largest absolute Gasteiger partial charge is 0.281 e. The van der Waals surface area contributed by atoms with Crippen molar-refractivity contribution in [3.8, 4) is 10.6 Å². The van der Waals surface area contributed by atoms with Crippen LogP contribution in [0.2, 0.25) is 0 Å². The number of aromatic nitrogens is 1. The zero-order chi connectivity index (χ0) is 16.1. The Morgan fingerprint density at radius 1 is 1.18 bits per heavy atom. The molecule has 0 aliphatic rings. The first-order valence-electron chi connectivity index (χ1n) is 7.09. The number of hydrogen-bond acceptors (Lipinski definition) is 4. The fourth-order valence-electron chi connectivity index (χ4n) is 1.92. The van der Waals surface area contributed by atoms with E-state index in [1.165, 1.54) is 11.3 Å². The maximum atomic E-state index is 12.1. The van der Waals surface area contributed by atoms with Crippen LogP contribution in [-0.4, -0.2) is 16.8 Å².